The number of carbonyl (C=O) groups is 1. The van der Waals surface area contributed by atoms with E-state index in [0.717, 1.165) is 35.1 Å². The number of carbonyl (C=O) groups excluding carboxylic acids is 1. The lowest BCUT2D eigenvalue weighted by atomic mass is 10.1. The normalized spacial score (nSPS) is 14.3. The van der Waals surface area contributed by atoms with Gasteiger partial charge in [-0.1, -0.05) is 41.9 Å². The Morgan fingerprint density at radius 1 is 1.09 bits per heavy atom. The summed E-state index contributed by atoms with van der Waals surface area (Å²) < 4.78 is 5.45. The number of benzene rings is 1. The zero-order valence-corrected chi connectivity index (χ0v) is 20.3. The SMILES string of the molecule is C=C(NCCc1ccc(Cl)cc1)c1ccc(N2CCN(C(=O)OC(C)(C)C)CC2)nc1Cl. The summed E-state index contributed by atoms with van der Waals surface area (Å²) in [5.41, 5.74) is 2.21. The Hall–Kier alpha value is -2.44. The first kappa shape index (κ1) is 24.2. The van der Waals surface area contributed by atoms with Crippen LogP contribution in [-0.2, 0) is 11.2 Å². The molecule has 0 spiro atoms. The fraction of sp³-hybridized carbons (Fsp3) is 0.417. The van der Waals surface area contributed by atoms with E-state index in [0.29, 0.717) is 31.3 Å². The first-order chi connectivity index (χ1) is 15.1. The molecule has 0 saturated carbocycles. The van der Waals surface area contributed by atoms with Crippen molar-refractivity contribution in [2.24, 2.45) is 0 Å². The molecule has 3 rings (SSSR count). The fourth-order valence-electron chi connectivity index (χ4n) is 3.37. The van der Waals surface area contributed by atoms with Gasteiger partial charge in [0.2, 0.25) is 0 Å². The van der Waals surface area contributed by atoms with Gasteiger partial charge >= 0.3 is 6.09 Å². The summed E-state index contributed by atoms with van der Waals surface area (Å²) in [5.74, 6) is 0.788. The van der Waals surface area contributed by atoms with Crippen LogP contribution in [0.15, 0.2) is 43.0 Å². The van der Waals surface area contributed by atoms with Gasteiger partial charge in [-0.25, -0.2) is 9.78 Å². The number of rotatable bonds is 6. The summed E-state index contributed by atoms with van der Waals surface area (Å²) in [4.78, 5) is 20.7. The van der Waals surface area contributed by atoms with Gasteiger partial charge in [-0.05, 0) is 57.0 Å². The van der Waals surface area contributed by atoms with Crippen LogP contribution in [0.5, 0.6) is 0 Å². The number of aromatic nitrogens is 1. The highest BCUT2D eigenvalue weighted by Gasteiger charge is 2.26. The number of amides is 1. The zero-order valence-electron chi connectivity index (χ0n) is 18.8. The number of halogens is 2. The molecule has 1 amide bonds. The Labute approximate surface area is 200 Å². The molecular formula is C24H30Cl2N4O2. The number of pyridine rings is 1. The van der Waals surface area contributed by atoms with Gasteiger partial charge in [0.25, 0.3) is 0 Å². The summed E-state index contributed by atoms with van der Waals surface area (Å²) in [6.45, 7) is 12.9. The van der Waals surface area contributed by atoms with E-state index in [9.17, 15) is 4.79 Å². The molecule has 172 valence electrons. The van der Waals surface area contributed by atoms with Crippen LogP contribution in [-0.4, -0.2) is 54.3 Å². The van der Waals surface area contributed by atoms with E-state index < -0.39 is 5.60 Å². The minimum absolute atomic E-state index is 0.278. The molecule has 1 fully saturated rings. The number of hydrogen-bond acceptors (Lipinski definition) is 5. The van der Waals surface area contributed by atoms with E-state index >= 15 is 0 Å². The summed E-state index contributed by atoms with van der Waals surface area (Å²) in [5, 5.41) is 4.45. The van der Waals surface area contributed by atoms with Crippen LogP contribution in [0.25, 0.3) is 5.70 Å². The van der Waals surface area contributed by atoms with E-state index in [1.54, 1.807) is 4.90 Å². The van der Waals surface area contributed by atoms with Crippen LogP contribution in [0, 0.1) is 0 Å². The van der Waals surface area contributed by atoms with E-state index in [1.165, 1.54) is 5.56 Å². The van der Waals surface area contributed by atoms with Crippen molar-refractivity contribution < 1.29 is 9.53 Å². The highest BCUT2D eigenvalue weighted by Crippen LogP contribution is 2.24. The maximum Gasteiger partial charge on any atom is 0.410 e. The summed E-state index contributed by atoms with van der Waals surface area (Å²) in [7, 11) is 0. The smallest absolute Gasteiger partial charge is 0.410 e. The molecule has 1 aromatic heterocycles. The van der Waals surface area contributed by atoms with Gasteiger partial charge in [-0.2, -0.15) is 0 Å². The summed E-state index contributed by atoms with van der Waals surface area (Å²) in [6, 6.07) is 11.7. The summed E-state index contributed by atoms with van der Waals surface area (Å²) >= 11 is 12.4. The quantitative estimate of drug-likeness (QED) is 0.576. The molecule has 1 aliphatic heterocycles. The van der Waals surface area contributed by atoms with Crippen molar-refractivity contribution in [1.29, 1.82) is 0 Å². The molecule has 2 aromatic rings. The molecule has 0 aliphatic carbocycles. The number of anilines is 1. The Kier molecular flexibility index (Phi) is 7.91. The third kappa shape index (κ3) is 6.78. The van der Waals surface area contributed by atoms with Gasteiger partial charge in [-0.3, -0.25) is 0 Å². The molecule has 8 heteroatoms. The molecule has 2 heterocycles. The molecular weight excluding hydrogens is 447 g/mol. The highest BCUT2D eigenvalue weighted by molar-refractivity contribution is 6.31. The second kappa shape index (κ2) is 10.5. The first-order valence-electron chi connectivity index (χ1n) is 10.7. The van der Waals surface area contributed by atoms with Crippen molar-refractivity contribution in [2.75, 3.05) is 37.6 Å². The van der Waals surface area contributed by atoms with E-state index in [2.05, 4.69) is 21.8 Å². The lowest BCUT2D eigenvalue weighted by Crippen LogP contribution is -2.50. The molecule has 0 unspecified atom stereocenters. The van der Waals surface area contributed by atoms with Gasteiger partial charge in [0.15, 0.2) is 0 Å². The van der Waals surface area contributed by atoms with Gasteiger partial charge in [0.1, 0.15) is 16.6 Å². The Morgan fingerprint density at radius 2 is 1.75 bits per heavy atom. The predicted octanol–water partition coefficient (Wildman–Crippen LogP) is 5.25. The zero-order chi connectivity index (χ0) is 23.3. The maximum atomic E-state index is 12.2. The average molecular weight is 477 g/mol. The fourth-order valence-corrected chi connectivity index (χ4v) is 3.76. The largest absolute Gasteiger partial charge is 0.444 e. The molecule has 0 radical (unpaired) electrons. The number of ether oxygens (including phenoxy) is 1. The molecule has 6 nitrogen and oxygen atoms in total. The van der Waals surface area contributed by atoms with Crippen LogP contribution >= 0.6 is 23.2 Å². The minimum atomic E-state index is -0.496. The van der Waals surface area contributed by atoms with Crippen molar-refractivity contribution in [3.63, 3.8) is 0 Å². The third-order valence-electron chi connectivity index (χ3n) is 5.08. The van der Waals surface area contributed by atoms with Crippen molar-refractivity contribution in [3.8, 4) is 0 Å². The predicted molar refractivity (Wildman–Crippen MR) is 131 cm³/mol. The monoisotopic (exact) mass is 476 g/mol. The van der Waals surface area contributed by atoms with Crippen LogP contribution in [0.1, 0.15) is 31.9 Å². The second-order valence-corrected chi connectivity index (χ2v) is 9.54. The first-order valence-corrected chi connectivity index (χ1v) is 11.4. The van der Waals surface area contributed by atoms with Crippen LogP contribution < -0.4 is 10.2 Å². The highest BCUT2D eigenvalue weighted by atomic mass is 35.5. The number of nitrogens with zero attached hydrogens (tertiary/aromatic N) is 3. The maximum absolute atomic E-state index is 12.2. The summed E-state index contributed by atoms with van der Waals surface area (Å²) in [6.07, 6.45) is 0.570. The Bertz CT molecular complexity index is 949. The van der Waals surface area contributed by atoms with Crippen molar-refractivity contribution in [3.05, 3.63) is 64.3 Å². The van der Waals surface area contributed by atoms with Gasteiger partial charge in [0, 0.05) is 49.0 Å². The van der Waals surface area contributed by atoms with Crippen molar-refractivity contribution in [2.45, 2.75) is 32.8 Å². The second-order valence-electron chi connectivity index (χ2n) is 8.74. The lowest BCUT2D eigenvalue weighted by molar-refractivity contribution is 0.0240. The molecule has 0 bridgehead atoms. The Morgan fingerprint density at radius 3 is 2.34 bits per heavy atom. The van der Waals surface area contributed by atoms with Gasteiger partial charge < -0.3 is 19.9 Å². The van der Waals surface area contributed by atoms with Gasteiger partial charge in [-0.15, -0.1) is 0 Å². The van der Waals surface area contributed by atoms with Crippen LogP contribution in [0.4, 0.5) is 10.6 Å². The number of hydrogen-bond donors (Lipinski definition) is 1. The Balaban J connectivity index is 1.52. The molecule has 32 heavy (non-hydrogen) atoms. The molecule has 1 aliphatic rings. The number of piperazine rings is 1. The molecule has 1 saturated heterocycles. The van der Waals surface area contributed by atoms with E-state index in [-0.39, 0.29) is 6.09 Å². The third-order valence-corrected chi connectivity index (χ3v) is 5.62. The van der Waals surface area contributed by atoms with Crippen molar-refractivity contribution >= 4 is 40.8 Å². The van der Waals surface area contributed by atoms with E-state index in [1.807, 2.05) is 57.2 Å². The van der Waals surface area contributed by atoms with Gasteiger partial charge in [0.05, 0.1) is 0 Å². The van der Waals surface area contributed by atoms with E-state index in [4.69, 9.17) is 27.9 Å². The number of nitrogens with one attached hydrogen (secondary N) is 1. The topological polar surface area (TPSA) is 57.7 Å². The molecule has 1 aromatic carbocycles. The molecule has 0 atom stereocenters. The average Bonchev–Trinajstić information content (AvgIpc) is 2.74. The standard InChI is InChI=1S/C24H30Cl2N4O2/c1-17(27-12-11-18-5-7-19(25)8-6-18)20-9-10-21(28-22(20)26)29-13-15-30(16-14-29)23(31)32-24(2,3)4/h5-10,27H,1,11-16H2,2-4H3. The van der Waals surface area contributed by atoms with Crippen LogP contribution in [0.2, 0.25) is 10.2 Å². The lowest BCUT2D eigenvalue weighted by Gasteiger charge is -2.36. The minimum Gasteiger partial charge on any atom is -0.444 e. The van der Waals surface area contributed by atoms with Crippen molar-refractivity contribution in [1.82, 2.24) is 15.2 Å². The van der Waals surface area contributed by atoms with Crippen LogP contribution in [0.3, 0.4) is 0 Å². The molecule has 1 N–H and O–H groups in total.